The van der Waals surface area contributed by atoms with E-state index in [-0.39, 0.29) is 12.0 Å². The van der Waals surface area contributed by atoms with Crippen LogP contribution in [0.3, 0.4) is 0 Å². The minimum atomic E-state index is 0.125. The van der Waals surface area contributed by atoms with Crippen LogP contribution in [0.15, 0.2) is 24.3 Å². The Morgan fingerprint density at radius 2 is 1.95 bits per heavy atom. The standard InChI is InChI=1S/C17H26N2O2/c1-4-13(2)21-16-7-5-14(6-8-16)17(20)19-11-9-15(18-3)10-12-19/h5-8,13,15,18H,4,9-12H2,1-3H3. The van der Waals surface area contributed by atoms with Gasteiger partial charge in [0.25, 0.3) is 5.91 Å². The lowest BCUT2D eigenvalue weighted by Gasteiger charge is -2.31. The first-order chi connectivity index (χ1) is 10.1. The molecule has 1 fully saturated rings. The monoisotopic (exact) mass is 290 g/mol. The van der Waals surface area contributed by atoms with Gasteiger partial charge in [-0.05, 0) is 57.5 Å². The molecule has 4 nitrogen and oxygen atoms in total. The molecule has 0 aliphatic carbocycles. The summed E-state index contributed by atoms with van der Waals surface area (Å²) in [5.41, 5.74) is 0.745. The topological polar surface area (TPSA) is 41.6 Å². The van der Waals surface area contributed by atoms with Crippen LogP contribution in [-0.4, -0.2) is 43.1 Å². The van der Waals surface area contributed by atoms with E-state index in [0.717, 1.165) is 43.7 Å². The number of nitrogens with one attached hydrogen (secondary N) is 1. The summed E-state index contributed by atoms with van der Waals surface area (Å²) in [6.07, 6.45) is 3.22. The smallest absolute Gasteiger partial charge is 0.253 e. The number of ether oxygens (including phenoxy) is 1. The van der Waals surface area contributed by atoms with E-state index in [1.807, 2.05) is 43.1 Å². The predicted molar refractivity (Wildman–Crippen MR) is 84.8 cm³/mol. The Bertz CT molecular complexity index is 450. The Morgan fingerprint density at radius 3 is 2.48 bits per heavy atom. The van der Waals surface area contributed by atoms with Crippen LogP contribution in [0.25, 0.3) is 0 Å². The molecule has 1 aromatic carbocycles. The van der Waals surface area contributed by atoms with Crippen LogP contribution in [-0.2, 0) is 0 Å². The highest BCUT2D eigenvalue weighted by atomic mass is 16.5. The molecule has 1 atom stereocenters. The molecule has 0 spiro atoms. The molecule has 1 aliphatic rings. The number of benzene rings is 1. The molecule has 4 heteroatoms. The van der Waals surface area contributed by atoms with Crippen molar-refractivity contribution >= 4 is 5.91 Å². The number of piperidine rings is 1. The van der Waals surface area contributed by atoms with Gasteiger partial charge >= 0.3 is 0 Å². The van der Waals surface area contributed by atoms with Crippen molar-refractivity contribution in [1.82, 2.24) is 10.2 Å². The van der Waals surface area contributed by atoms with Gasteiger partial charge in [-0.1, -0.05) is 6.92 Å². The molecule has 1 unspecified atom stereocenters. The van der Waals surface area contributed by atoms with Gasteiger partial charge in [0.05, 0.1) is 6.10 Å². The maximum Gasteiger partial charge on any atom is 0.253 e. The number of rotatable bonds is 5. The van der Waals surface area contributed by atoms with Gasteiger partial charge in [-0.25, -0.2) is 0 Å². The summed E-state index contributed by atoms with van der Waals surface area (Å²) >= 11 is 0. The van der Waals surface area contributed by atoms with Crippen LogP contribution in [0.4, 0.5) is 0 Å². The lowest BCUT2D eigenvalue weighted by atomic mass is 10.0. The number of nitrogens with zero attached hydrogens (tertiary/aromatic N) is 1. The van der Waals surface area contributed by atoms with Gasteiger partial charge in [0.15, 0.2) is 0 Å². The van der Waals surface area contributed by atoms with E-state index < -0.39 is 0 Å². The Hall–Kier alpha value is -1.55. The summed E-state index contributed by atoms with van der Waals surface area (Å²) in [6.45, 7) is 5.80. The minimum absolute atomic E-state index is 0.125. The molecule has 0 bridgehead atoms. The molecule has 0 radical (unpaired) electrons. The fourth-order valence-electron chi connectivity index (χ4n) is 2.55. The van der Waals surface area contributed by atoms with Crippen molar-refractivity contribution in [2.75, 3.05) is 20.1 Å². The highest BCUT2D eigenvalue weighted by molar-refractivity contribution is 5.94. The third-order valence-corrected chi connectivity index (χ3v) is 4.20. The Kier molecular flexibility index (Phi) is 5.62. The molecule has 2 rings (SSSR count). The maximum atomic E-state index is 12.4. The summed E-state index contributed by atoms with van der Waals surface area (Å²) in [5, 5.41) is 3.28. The highest BCUT2D eigenvalue weighted by Crippen LogP contribution is 2.18. The van der Waals surface area contributed by atoms with Gasteiger partial charge in [-0.15, -0.1) is 0 Å². The molecule has 1 saturated heterocycles. The zero-order chi connectivity index (χ0) is 15.2. The largest absolute Gasteiger partial charge is 0.491 e. The van der Waals surface area contributed by atoms with E-state index in [9.17, 15) is 4.79 Å². The SMILES string of the molecule is CCC(C)Oc1ccc(C(=O)N2CCC(NC)CC2)cc1. The molecule has 116 valence electrons. The quantitative estimate of drug-likeness (QED) is 0.906. The van der Waals surface area contributed by atoms with Gasteiger partial charge in [0, 0.05) is 24.7 Å². The maximum absolute atomic E-state index is 12.4. The normalized spacial score (nSPS) is 17.6. The van der Waals surface area contributed by atoms with Gasteiger partial charge < -0.3 is 15.0 Å². The molecule has 1 amide bonds. The molecular formula is C17H26N2O2. The van der Waals surface area contributed by atoms with Crippen molar-refractivity contribution in [2.24, 2.45) is 0 Å². The number of likely N-dealkylation sites (tertiary alicyclic amines) is 1. The lowest BCUT2D eigenvalue weighted by molar-refractivity contribution is 0.0707. The van der Waals surface area contributed by atoms with Crippen molar-refractivity contribution < 1.29 is 9.53 Å². The first-order valence-corrected chi connectivity index (χ1v) is 7.87. The summed E-state index contributed by atoms with van der Waals surface area (Å²) in [4.78, 5) is 14.4. The van der Waals surface area contributed by atoms with Crippen molar-refractivity contribution in [3.8, 4) is 5.75 Å². The Labute approximate surface area is 127 Å². The summed E-state index contributed by atoms with van der Waals surface area (Å²) < 4.78 is 5.74. The number of hydrogen-bond acceptors (Lipinski definition) is 3. The lowest BCUT2D eigenvalue weighted by Crippen LogP contribution is -2.43. The molecule has 21 heavy (non-hydrogen) atoms. The number of amides is 1. The second-order valence-electron chi connectivity index (χ2n) is 5.72. The first kappa shape index (κ1) is 15.8. The van der Waals surface area contributed by atoms with E-state index in [1.165, 1.54) is 0 Å². The number of carbonyl (C=O) groups excluding carboxylic acids is 1. The van der Waals surface area contributed by atoms with Crippen LogP contribution in [0.1, 0.15) is 43.5 Å². The summed E-state index contributed by atoms with van der Waals surface area (Å²) in [5.74, 6) is 0.953. The van der Waals surface area contributed by atoms with Gasteiger partial charge in [0.1, 0.15) is 5.75 Å². The average Bonchev–Trinajstić information content (AvgIpc) is 2.55. The zero-order valence-corrected chi connectivity index (χ0v) is 13.3. The molecule has 0 saturated carbocycles. The highest BCUT2D eigenvalue weighted by Gasteiger charge is 2.22. The average molecular weight is 290 g/mol. The van der Waals surface area contributed by atoms with Crippen molar-refractivity contribution in [2.45, 2.75) is 45.3 Å². The molecule has 1 N–H and O–H groups in total. The second-order valence-corrected chi connectivity index (χ2v) is 5.72. The van der Waals surface area contributed by atoms with E-state index in [2.05, 4.69) is 12.2 Å². The number of hydrogen-bond donors (Lipinski definition) is 1. The van der Waals surface area contributed by atoms with Crippen molar-refractivity contribution in [3.63, 3.8) is 0 Å². The van der Waals surface area contributed by atoms with Gasteiger partial charge in [-0.3, -0.25) is 4.79 Å². The van der Waals surface area contributed by atoms with E-state index in [0.29, 0.717) is 6.04 Å². The van der Waals surface area contributed by atoms with Gasteiger partial charge in [0.2, 0.25) is 0 Å². The van der Waals surface area contributed by atoms with E-state index >= 15 is 0 Å². The molecule has 1 aliphatic heterocycles. The molecule has 0 aromatic heterocycles. The van der Waals surface area contributed by atoms with Crippen LogP contribution in [0.5, 0.6) is 5.75 Å². The summed E-state index contributed by atoms with van der Waals surface area (Å²) in [7, 11) is 1.98. The van der Waals surface area contributed by atoms with Gasteiger partial charge in [-0.2, -0.15) is 0 Å². The van der Waals surface area contributed by atoms with Crippen LogP contribution in [0, 0.1) is 0 Å². The first-order valence-electron chi connectivity index (χ1n) is 7.87. The van der Waals surface area contributed by atoms with Crippen LogP contribution < -0.4 is 10.1 Å². The Balaban J connectivity index is 1.94. The van der Waals surface area contributed by atoms with Crippen LogP contribution >= 0.6 is 0 Å². The Morgan fingerprint density at radius 1 is 1.33 bits per heavy atom. The fraction of sp³-hybridized carbons (Fsp3) is 0.588. The number of carbonyl (C=O) groups is 1. The fourth-order valence-corrected chi connectivity index (χ4v) is 2.55. The third-order valence-electron chi connectivity index (χ3n) is 4.20. The summed E-state index contributed by atoms with van der Waals surface area (Å²) in [6, 6.07) is 8.05. The molecule has 1 aromatic rings. The van der Waals surface area contributed by atoms with Crippen molar-refractivity contribution in [3.05, 3.63) is 29.8 Å². The molecular weight excluding hydrogens is 264 g/mol. The molecule has 1 heterocycles. The zero-order valence-electron chi connectivity index (χ0n) is 13.3. The van der Waals surface area contributed by atoms with Crippen LogP contribution in [0.2, 0.25) is 0 Å². The van der Waals surface area contributed by atoms with E-state index in [4.69, 9.17) is 4.74 Å². The second kappa shape index (κ2) is 7.46. The predicted octanol–water partition coefficient (Wildman–Crippen LogP) is 2.69. The van der Waals surface area contributed by atoms with Crippen molar-refractivity contribution in [1.29, 1.82) is 0 Å². The third kappa shape index (κ3) is 4.21. The van der Waals surface area contributed by atoms with E-state index in [1.54, 1.807) is 0 Å². The minimum Gasteiger partial charge on any atom is -0.491 e.